The summed E-state index contributed by atoms with van der Waals surface area (Å²) in [5, 5.41) is 8.32. The van der Waals surface area contributed by atoms with E-state index in [1.54, 1.807) is 0 Å². The van der Waals surface area contributed by atoms with E-state index < -0.39 is 0 Å². The first kappa shape index (κ1) is 16.0. The van der Waals surface area contributed by atoms with Gasteiger partial charge in [0.15, 0.2) is 5.69 Å². The molecule has 1 aromatic heterocycles. The summed E-state index contributed by atoms with van der Waals surface area (Å²) in [7, 11) is 0. The molecule has 5 heteroatoms. The first-order valence-electron chi connectivity index (χ1n) is 8.21. The molecule has 21 heavy (non-hydrogen) atoms. The summed E-state index contributed by atoms with van der Waals surface area (Å²) in [6.45, 7) is 7.36. The van der Waals surface area contributed by atoms with Gasteiger partial charge in [0.25, 0.3) is 0 Å². The molecule has 0 atom stereocenters. The molecule has 0 amide bonds. The van der Waals surface area contributed by atoms with Crippen molar-refractivity contribution in [3.05, 3.63) is 11.4 Å². The summed E-state index contributed by atoms with van der Waals surface area (Å²) in [5.74, 6) is 0.784. The van der Waals surface area contributed by atoms with Gasteiger partial charge < -0.3 is 4.74 Å². The van der Waals surface area contributed by atoms with Gasteiger partial charge in [-0.3, -0.25) is 0 Å². The van der Waals surface area contributed by atoms with Crippen molar-refractivity contribution < 1.29 is 9.53 Å². The Labute approximate surface area is 127 Å². The summed E-state index contributed by atoms with van der Waals surface area (Å²) in [5.41, 5.74) is 1.34. The molecule has 0 spiro atoms. The molecule has 5 nitrogen and oxygen atoms in total. The second-order valence-electron chi connectivity index (χ2n) is 6.39. The van der Waals surface area contributed by atoms with Crippen molar-refractivity contribution in [3.63, 3.8) is 0 Å². The maximum Gasteiger partial charge on any atom is 0.360 e. The molecule has 1 fully saturated rings. The second kappa shape index (κ2) is 7.57. The highest BCUT2D eigenvalue weighted by Gasteiger charge is 2.23. The summed E-state index contributed by atoms with van der Waals surface area (Å²) >= 11 is 0. The van der Waals surface area contributed by atoms with Crippen LogP contribution in [0, 0.1) is 11.8 Å². The van der Waals surface area contributed by atoms with Crippen LogP contribution in [-0.2, 0) is 17.7 Å². The fourth-order valence-corrected chi connectivity index (χ4v) is 3.04. The lowest BCUT2D eigenvalue weighted by Gasteiger charge is -2.22. The van der Waals surface area contributed by atoms with Crippen LogP contribution in [0.15, 0.2) is 0 Å². The number of carbonyl (C=O) groups is 1. The van der Waals surface area contributed by atoms with Crippen LogP contribution in [0.25, 0.3) is 0 Å². The van der Waals surface area contributed by atoms with Crippen LogP contribution >= 0.6 is 0 Å². The van der Waals surface area contributed by atoms with Gasteiger partial charge in [-0.25, -0.2) is 9.48 Å². The second-order valence-corrected chi connectivity index (χ2v) is 6.39. The van der Waals surface area contributed by atoms with Crippen LogP contribution in [-0.4, -0.2) is 27.6 Å². The maximum absolute atomic E-state index is 12.0. The molecule has 1 aromatic rings. The summed E-state index contributed by atoms with van der Waals surface area (Å²) in [6.07, 6.45) is 7.30. The van der Waals surface area contributed by atoms with Gasteiger partial charge in [0, 0.05) is 6.54 Å². The van der Waals surface area contributed by atoms with E-state index in [0.717, 1.165) is 18.7 Å². The van der Waals surface area contributed by atoms with Gasteiger partial charge >= 0.3 is 5.97 Å². The number of rotatable bonds is 6. The Balaban J connectivity index is 2.16. The molecular weight excluding hydrogens is 266 g/mol. The Kier molecular flexibility index (Phi) is 5.76. The highest BCUT2D eigenvalue weighted by molar-refractivity contribution is 5.88. The zero-order valence-corrected chi connectivity index (χ0v) is 13.5. The van der Waals surface area contributed by atoms with E-state index in [2.05, 4.69) is 24.2 Å². The third kappa shape index (κ3) is 4.29. The Bertz CT molecular complexity index is 462. The fraction of sp³-hybridized carbons (Fsp3) is 0.812. The van der Waals surface area contributed by atoms with Crippen molar-refractivity contribution in [1.29, 1.82) is 0 Å². The number of hydrogen-bond acceptors (Lipinski definition) is 4. The maximum atomic E-state index is 12.0. The van der Waals surface area contributed by atoms with Crippen LogP contribution in [0.1, 0.15) is 69.1 Å². The summed E-state index contributed by atoms with van der Waals surface area (Å²) < 4.78 is 7.05. The molecule has 0 N–H and O–H groups in total. The number of esters is 1. The first-order valence-corrected chi connectivity index (χ1v) is 8.21. The van der Waals surface area contributed by atoms with Crippen LogP contribution in [0.4, 0.5) is 0 Å². The molecule has 1 aliphatic rings. The minimum atomic E-state index is -0.344. The molecular formula is C16H27N3O2. The minimum absolute atomic E-state index is 0.344. The van der Waals surface area contributed by atoms with Gasteiger partial charge in [-0.05, 0) is 38.0 Å². The summed E-state index contributed by atoms with van der Waals surface area (Å²) in [6, 6.07) is 0. The lowest BCUT2D eigenvalue weighted by molar-refractivity contribution is 0.0517. The standard InChI is InChI=1S/C16H27N3O2/c1-4-21-16(20)15-14(10-12(2)3)19(18-17-15)11-13-8-6-5-7-9-13/h12-13H,4-11H2,1-3H3. The van der Waals surface area contributed by atoms with Crippen molar-refractivity contribution in [3.8, 4) is 0 Å². The Morgan fingerprint density at radius 3 is 2.67 bits per heavy atom. The Hall–Kier alpha value is -1.39. The minimum Gasteiger partial charge on any atom is -0.461 e. The Morgan fingerprint density at radius 2 is 2.05 bits per heavy atom. The molecule has 0 aliphatic heterocycles. The van der Waals surface area contributed by atoms with Crippen molar-refractivity contribution in [2.24, 2.45) is 11.8 Å². The molecule has 0 radical (unpaired) electrons. The highest BCUT2D eigenvalue weighted by atomic mass is 16.5. The molecule has 0 unspecified atom stereocenters. The van der Waals surface area contributed by atoms with Gasteiger partial charge in [0.2, 0.25) is 0 Å². The monoisotopic (exact) mass is 293 g/mol. The third-order valence-electron chi connectivity index (χ3n) is 4.06. The number of ether oxygens (including phenoxy) is 1. The van der Waals surface area contributed by atoms with E-state index in [1.807, 2.05) is 11.6 Å². The van der Waals surface area contributed by atoms with Gasteiger partial charge in [0.05, 0.1) is 12.3 Å². The van der Waals surface area contributed by atoms with Gasteiger partial charge in [-0.2, -0.15) is 0 Å². The molecule has 118 valence electrons. The lowest BCUT2D eigenvalue weighted by Crippen LogP contribution is -2.19. The topological polar surface area (TPSA) is 57.0 Å². The number of carbonyl (C=O) groups excluding carboxylic acids is 1. The van der Waals surface area contributed by atoms with E-state index in [4.69, 9.17) is 4.74 Å². The SMILES string of the molecule is CCOC(=O)c1nnn(CC2CCCCC2)c1CC(C)C. The van der Waals surface area contributed by atoms with Gasteiger partial charge in [-0.1, -0.05) is 38.3 Å². The average molecular weight is 293 g/mol. The smallest absolute Gasteiger partial charge is 0.360 e. The molecule has 0 aromatic carbocycles. The lowest BCUT2D eigenvalue weighted by atomic mass is 9.89. The predicted molar refractivity (Wildman–Crippen MR) is 81.1 cm³/mol. The quantitative estimate of drug-likeness (QED) is 0.756. The summed E-state index contributed by atoms with van der Waals surface area (Å²) in [4.78, 5) is 12.0. The molecule has 1 heterocycles. The van der Waals surface area contributed by atoms with E-state index in [0.29, 0.717) is 24.1 Å². The van der Waals surface area contributed by atoms with Crippen molar-refractivity contribution >= 4 is 5.97 Å². The first-order chi connectivity index (χ1) is 10.1. The zero-order valence-electron chi connectivity index (χ0n) is 13.5. The van der Waals surface area contributed by atoms with E-state index in [1.165, 1.54) is 32.1 Å². The molecule has 1 aliphatic carbocycles. The van der Waals surface area contributed by atoms with E-state index in [9.17, 15) is 4.79 Å². The van der Waals surface area contributed by atoms with Crippen molar-refractivity contribution in [2.45, 2.75) is 65.8 Å². The fourth-order valence-electron chi connectivity index (χ4n) is 3.04. The molecule has 1 saturated carbocycles. The van der Waals surface area contributed by atoms with Crippen LogP contribution in [0.2, 0.25) is 0 Å². The Morgan fingerprint density at radius 1 is 1.33 bits per heavy atom. The average Bonchev–Trinajstić information content (AvgIpc) is 2.82. The largest absolute Gasteiger partial charge is 0.461 e. The van der Waals surface area contributed by atoms with Crippen LogP contribution in [0.5, 0.6) is 0 Å². The van der Waals surface area contributed by atoms with Gasteiger partial charge in [-0.15, -0.1) is 5.10 Å². The number of aromatic nitrogens is 3. The van der Waals surface area contributed by atoms with E-state index in [-0.39, 0.29) is 5.97 Å². The van der Waals surface area contributed by atoms with Crippen molar-refractivity contribution in [1.82, 2.24) is 15.0 Å². The van der Waals surface area contributed by atoms with Gasteiger partial charge in [0.1, 0.15) is 0 Å². The molecule has 2 rings (SSSR count). The number of hydrogen-bond donors (Lipinski definition) is 0. The molecule has 0 saturated heterocycles. The third-order valence-corrected chi connectivity index (χ3v) is 4.06. The highest BCUT2D eigenvalue weighted by Crippen LogP contribution is 2.26. The molecule has 0 bridgehead atoms. The normalized spacial score (nSPS) is 16.4. The predicted octanol–water partition coefficient (Wildman–Crippen LogP) is 3.23. The van der Waals surface area contributed by atoms with Crippen LogP contribution in [0.3, 0.4) is 0 Å². The van der Waals surface area contributed by atoms with Crippen LogP contribution < -0.4 is 0 Å². The van der Waals surface area contributed by atoms with E-state index >= 15 is 0 Å². The zero-order chi connectivity index (χ0) is 15.2. The number of nitrogens with zero attached hydrogens (tertiary/aromatic N) is 3. The van der Waals surface area contributed by atoms with Crippen molar-refractivity contribution in [2.75, 3.05) is 6.61 Å².